The zero-order chi connectivity index (χ0) is 12.6. The van der Waals surface area contributed by atoms with Crippen molar-refractivity contribution in [3.05, 3.63) is 18.2 Å². The van der Waals surface area contributed by atoms with Crippen LogP contribution in [0.5, 0.6) is 0 Å². The number of imidazole rings is 1. The van der Waals surface area contributed by atoms with Crippen LogP contribution in [-0.4, -0.2) is 28.8 Å². The molecule has 1 aromatic heterocycles. The van der Waals surface area contributed by atoms with Crippen LogP contribution in [0.15, 0.2) is 12.4 Å². The minimum Gasteiger partial charge on any atom is -0.378 e. The second-order valence-electron chi connectivity index (χ2n) is 4.99. The van der Waals surface area contributed by atoms with Gasteiger partial charge in [0.15, 0.2) is 0 Å². The Morgan fingerprint density at radius 2 is 2.50 bits per heavy atom. The fourth-order valence-corrected chi connectivity index (χ4v) is 2.45. The number of hydrogen-bond donors (Lipinski definition) is 1. The third-order valence-electron chi connectivity index (χ3n) is 3.46. The van der Waals surface area contributed by atoms with Crippen LogP contribution in [-0.2, 0) is 17.8 Å². The van der Waals surface area contributed by atoms with Gasteiger partial charge in [-0.1, -0.05) is 6.92 Å². The van der Waals surface area contributed by atoms with Gasteiger partial charge in [0, 0.05) is 25.5 Å². The maximum absolute atomic E-state index is 5.64. The van der Waals surface area contributed by atoms with E-state index in [2.05, 4.69) is 28.0 Å². The smallest absolute Gasteiger partial charge is 0.122 e. The lowest BCUT2D eigenvalue weighted by molar-refractivity contribution is 0.101. The standard InChI is InChI=1S/C14H25N3O/c1-2-7-15-12-14-16-8-10-17(14)9-3-5-13-6-4-11-18-13/h8,10,13,15H,2-7,9,11-12H2,1H3. The highest BCUT2D eigenvalue weighted by atomic mass is 16.5. The Balaban J connectivity index is 1.69. The molecular formula is C14H25N3O. The molecule has 4 heteroatoms. The molecule has 1 fully saturated rings. The molecule has 1 N–H and O–H groups in total. The Morgan fingerprint density at radius 1 is 1.56 bits per heavy atom. The Bertz CT molecular complexity index is 332. The van der Waals surface area contributed by atoms with Crippen molar-refractivity contribution in [3.8, 4) is 0 Å². The van der Waals surface area contributed by atoms with Gasteiger partial charge < -0.3 is 14.6 Å². The van der Waals surface area contributed by atoms with Crippen molar-refractivity contribution in [1.82, 2.24) is 14.9 Å². The third-order valence-corrected chi connectivity index (χ3v) is 3.46. The number of nitrogens with zero attached hydrogens (tertiary/aromatic N) is 2. The van der Waals surface area contributed by atoms with E-state index in [-0.39, 0.29) is 0 Å². The van der Waals surface area contributed by atoms with Crippen LogP contribution in [0.3, 0.4) is 0 Å². The van der Waals surface area contributed by atoms with Crippen molar-refractivity contribution in [2.45, 2.75) is 58.2 Å². The van der Waals surface area contributed by atoms with E-state index in [1.165, 1.54) is 32.1 Å². The largest absolute Gasteiger partial charge is 0.378 e. The van der Waals surface area contributed by atoms with Gasteiger partial charge in [-0.25, -0.2) is 4.98 Å². The molecule has 0 aromatic carbocycles. The lowest BCUT2D eigenvalue weighted by Gasteiger charge is -2.11. The van der Waals surface area contributed by atoms with Crippen LogP contribution in [0, 0.1) is 0 Å². The first-order valence-electron chi connectivity index (χ1n) is 7.22. The zero-order valence-corrected chi connectivity index (χ0v) is 11.4. The van der Waals surface area contributed by atoms with Gasteiger partial charge in [-0.3, -0.25) is 0 Å². The van der Waals surface area contributed by atoms with Crippen molar-refractivity contribution in [1.29, 1.82) is 0 Å². The SMILES string of the molecule is CCCNCc1nccn1CCCC1CCCO1. The summed E-state index contributed by atoms with van der Waals surface area (Å²) in [7, 11) is 0. The molecule has 0 aliphatic carbocycles. The number of nitrogens with one attached hydrogen (secondary N) is 1. The molecular weight excluding hydrogens is 226 g/mol. The number of aryl methyl sites for hydroxylation is 1. The zero-order valence-electron chi connectivity index (χ0n) is 11.4. The minimum absolute atomic E-state index is 0.509. The molecule has 0 bridgehead atoms. The fourth-order valence-electron chi connectivity index (χ4n) is 2.45. The van der Waals surface area contributed by atoms with Crippen molar-refractivity contribution in [2.75, 3.05) is 13.2 Å². The molecule has 0 radical (unpaired) electrons. The summed E-state index contributed by atoms with van der Waals surface area (Å²) in [6.07, 6.45) is 10.5. The third kappa shape index (κ3) is 4.10. The van der Waals surface area contributed by atoms with Gasteiger partial charge in [-0.15, -0.1) is 0 Å². The number of rotatable bonds is 8. The van der Waals surface area contributed by atoms with Gasteiger partial charge in [-0.2, -0.15) is 0 Å². The average molecular weight is 251 g/mol. The van der Waals surface area contributed by atoms with E-state index in [1.807, 2.05) is 6.20 Å². The summed E-state index contributed by atoms with van der Waals surface area (Å²) in [6.45, 7) is 6.13. The molecule has 2 heterocycles. The van der Waals surface area contributed by atoms with E-state index < -0.39 is 0 Å². The second kappa shape index (κ2) is 7.54. The van der Waals surface area contributed by atoms with E-state index in [9.17, 15) is 0 Å². The van der Waals surface area contributed by atoms with Gasteiger partial charge >= 0.3 is 0 Å². The monoisotopic (exact) mass is 251 g/mol. The van der Waals surface area contributed by atoms with Gasteiger partial charge in [0.25, 0.3) is 0 Å². The molecule has 2 rings (SSSR count). The highest BCUT2D eigenvalue weighted by molar-refractivity contribution is 4.91. The van der Waals surface area contributed by atoms with Gasteiger partial charge in [0.1, 0.15) is 5.82 Å². The van der Waals surface area contributed by atoms with Gasteiger partial charge in [-0.05, 0) is 38.6 Å². The molecule has 1 unspecified atom stereocenters. The van der Waals surface area contributed by atoms with Crippen LogP contribution >= 0.6 is 0 Å². The van der Waals surface area contributed by atoms with E-state index in [0.29, 0.717) is 6.10 Å². The van der Waals surface area contributed by atoms with Crippen LogP contribution < -0.4 is 5.32 Å². The summed E-state index contributed by atoms with van der Waals surface area (Å²) < 4.78 is 7.91. The Morgan fingerprint density at radius 3 is 3.28 bits per heavy atom. The first-order chi connectivity index (χ1) is 8.90. The number of ether oxygens (including phenoxy) is 1. The van der Waals surface area contributed by atoms with E-state index >= 15 is 0 Å². The van der Waals surface area contributed by atoms with Crippen molar-refractivity contribution < 1.29 is 4.74 Å². The first-order valence-corrected chi connectivity index (χ1v) is 7.22. The van der Waals surface area contributed by atoms with Crippen molar-refractivity contribution >= 4 is 0 Å². The lowest BCUT2D eigenvalue weighted by atomic mass is 10.1. The lowest BCUT2D eigenvalue weighted by Crippen LogP contribution is -2.18. The maximum atomic E-state index is 5.64. The van der Waals surface area contributed by atoms with Crippen LogP contribution in [0.25, 0.3) is 0 Å². The Hall–Kier alpha value is -0.870. The van der Waals surface area contributed by atoms with E-state index in [0.717, 1.165) is 32.1 Å². The highest BCUT2D eigenvalue weighted by Gasteiger charge is 2.14. The topological polar surface area (TPSA) is 39.1 Å². The summed E-state index contributed by atoms with van der Waals surface area (Å²) in [5.41, 5.74) is 0. The normalized spacial score (nSPS) is 19.5. The van der Waals surface area contributed by atoms with Crippen LogP contribution in [0.1, 0.15) is 44.9 Å². The molecule has 1 saturated heterocycles. The van der Waals surface area contributed by atoms with Crippen molar-refractivity contribution in [3.63, 3.8) is 0 Å². The number of aromatic nitrogens is 2. The molecule has 0 amide bonds. The van der Waals surface area contributed by atoms with Crippen molar-refractivity contribution in [2.24, 2.45) is 0 Å². The minimum atomic E-state index is 0.509. The number of hydrogen-bond acceptors (Lipinski definition) is 3. The molecule has 1 atom stereocenters. The van der Waals surface area contributed by atoms with E-state index in [1.54, 1.807) is 0 Å². The summed E-state index contributed by atoms with van der Waals surface area (Å²) in [5.74, 6) is 1.15. The maximum Gasteiger partial charge on any atom is 0.122 e. The summed E-state index contributed by atoms with van der Waals surface area (Å²) in [5, 5.41) is 3.40. The molecule has 1 aromatic rings. The Labute approximate surface area is 110 Å². The molecule has 0 saturated carbocycles. The van der Waals surface area contributed by atoms with E-state index in [4.69, 9.17) is 4.74 Å². The average Bonchev–Trinajstić information content (AvgIpc) is 3.02. The predicted octanol–water partition coefficient (Wildman–Crippen LogP) is 2.34. The fraction of sp³-hybridized carbons (Fsp3) is 0.786. The van der Waals surface area contributed by atoms with Gasteiger partial charge in [0.05, 0.1) is 12.6 Å². The van der Waals surface area contributed by atoms with Crippen LogP contribution in [0.4, 0.5) is 0 Å². The molecule has 0 spiro atoms. The summed E-state index contributed by atoms with van der Waals surface area (Å²) in [4.78, 5) is 4.41. The second-order valence-corrected chi connectivity index (χ2v) is 4.99. The predicted molar refractivity (Wildman–Crippen MR) is 72.4 cm³/mol. The molecule has 18 heavy (non-hydrogen) atoms. The quantitative estimate of drug-likeness (QED) is 0.721. The Kier molecular flexibility index (Phi) is 5.68. The molecule has 4 nitrogen and oxygen atoms in total. The summed E-state index contributed by atoms with van der Waals surface area (Å²) >= 11 is 0. The van der Waals surface area contributed by atoms with Crippen LogP contribution in [0.2, 0.25) is 0 Å². The molecule has 1 aliphatic heterocycles. The first kappa shape index (κ1) is 13.6. The summed E-state index contributed by atoms with van der Waals surface area (Å²) in [6, 6.07) is 0. The van der Waals surface area contributed by atoms with Gasteiger partial charge in [0.2, 0.25) is 0 Å². The molecule has 1 aliphatic rings. The molecule has 102 valence electrons. The highest BCUT2D eigenvalue weighted by Crippen LogP contribution is 2.17.